The van der Waals surface area contributed by atoms with Crippen molar-refractivity contribution in [1.82, 2.24) is 0 Å². The number of fused-ring (bicyclic) bond motifs is 1. The third kappa shape index (κ3) is 2.99. The molecule has 1 fully saturated rings. The lowest BCUT2D eigenvalue weighted by atomic mass is 10.1. The minimum absolute atomic E-state index is 0.397. The van der Waals surface area contributed by atoms with E-state index in [1.807, 2.05) is 12.1 Å². The van der Waals surface area contributed by atoms with E-state index >= 15 is 0 Å². The molecule has 2 aliphatic rings. The van der Waals surface area contributed by atoms with Gasteiger partial charge in [-0.2, -0.15) is 0 Å². The molecule has 1 N–H and O–H groups in total. The number of carbonyl (C=O) groups is 2. The third-order valence-electron chi connectivity index (χ3n) is 5.24. The molecule has 1 atom stereocenters. The molecule has 2 aliphatic heterocycles. The molecule has 2 heterocycles. The molecule has 26 heavy (non-hydrogen) atoms. The lowest BCUT2D eigenvalue weighted by Gasteiger charge is -2.25. The molecule has 2 aromatic carbocycles. The van der Waals surface area contributed by atoms with E-state index in [9.17, 15) is 9.59 Å². The van der Waals surface area contributed by atoms with Gasteiger partial charge in [-0.1, -0.05) is 30.3 Å². The lowest BCUT2D eigenvalue weighted by molar-refractivity contribution is -0.892. The van der Waals surface area contributed by atoms with Gasteiger partial charge in [0.05, 0.1) is 18.3 Å². The molecule has 0 spiro atoms. The number of benzene rings is 2. The molecule has 2 aromatic rings. The highest BCUT2D eigenvalue weighted by Gasteiger charge is 2.37. The Bertz CT molecular complexity index is 843. The van der Waals surface area contributed by atoms with Gasteiger partial charge in [0.25, 0.3) is 5.78 Å². The monoisotopic (exact) mass is 350 g/mol. The Balaban J connectivity index is 1.51. The second-order valence-electron chi connectivity index (χ2n) is 7.19. The second kappa shape index (κ2) is 6.92. The van der Waals surface area contributed by atoms with Gasteiger partial charge in [-0.15, -0.1) is 0 Å². The van der Waals surface area contributed by atoms with Crippen LogP contribution in [0, 0.1) is 0 Å². The third-order valence-corrected chi connectivity index (χ3v) is 5.24. The predicted octanol–water partition coefficient (Wildman–Crippen LogP) is 1.49. The van der Waals surface area contributed by atoms with Crippen LogP contribution < -0.4 is 14.7 Å². The molecular weight excluding hydrogens is 326 g/mol. The molecular formula is C21H24N3O2+. The molecule has 1 unspecified atom stereocenters. The van der Waals surface area contributed by atoms with E-state index in [0.717, 1.165) is 25.3 Å². The summed E-state index contributed by atoms with van der Waals surface area (Å²) in [5.74, 6) is -0.816. The number of quaternary nitrogens is 1. The van der Waals surface area contributed by atoms with Crippen molar-refractivity contribution < 1.29 is 14.5 Å². The highest BCUT2D eigenvalue weighted by molar-refractivity contribution is 6.52. The van der Waals surface area contributed by atoms with Gasteiger partial charge in [0.15, 0.2) is 6.67 Å². The lowest BCUT2D eigenvalue weighted by Crippen LogP contribution is -3.09. The molecule has 4 rings (SSSR count). The highest BCUT2D eigenvalue weighted by Crippen LogP contribution is 2.27. The molecule has 0 bridgehead atoms. The van der Waals surface area contributed by atoms with Crippen LogP contribution >= 0.6 is 0 Å². The van der Waals surface area contributed by atoms with Crippen LogP contribution in [0.15, 0.2) is 48.5 Å². The number of ketones is 1. The van der Waals surface area contributed by atoms with E-state index in [1.54, 1.807) is 17.0 Å². The maximum absolute atomic E-state index is 12.4. The Kier molecular flexibility index (Phi) is 4.47. The van der Waals surface area contributed by atoms with Gasteiger partial charge in [0.1, 0.15) is 6.54 Å². The van der Waals surface area contributed by atoms with Crippen LogP contribution in [0.25, 0.3) is 0 Å². The summed E-state index contributed by atoms with van der Waals surface area (Å²) in [5.41, 5.74) is 3.84. The van der Waals surface area contributed by atoms with E-state index in [-0.39, 0.29) is 0 Å². The quantitative estimate of drug-likeness (QED) is 0.831. The van der Waals surface area contributed by atoms with Crippen molar-refractivity contribution >= 4 is 23.1 Å². The summed E-state index contributed by atoms with van der Waals surface area (Å²) in [6.07, 6.45) is 2.50. The van der Waals surface area contributed by atoms with Crippen LogP contribution in [-0.4, -0.2) is 38.5 Å². The van der Waals surface area contributed by atoms with Crippen molar-refractivity contribution in [2.24, 2.45) is 0 Å². The van der Waals surface area contributed by atoms with Gasteiger partial charge in [0.2, 0.25) is 0 Å². The molecule has 0 aliphatic carbocycles. The fourth-order valence-electron chi connectivity index (χ4n) is 3.98. The van der Waals surface area contributed by atoms with Gasteiger partial charge in [-0.25, -0.2) is 0 Å². The highest BCUT2D eigenvalue weighted by atomic mass is 16.2. The molecule has 1 amide bonds. The minimum Gasteiger partial charge on any atom is -0.371 e. The van der Waals surface area contributed by atoms with Crippen molar-refractivity contribution in [2.75, 3.05) is 36.6 Å². The maximum atomic E-state index is 12.4. The summed E-state index contributed by atoms with van der Waals surface area (Å²) in [4.78, 5) is 29.8. The molecule has 134 valence electrons. The molecule has 0 aromatic heterocycles. The van der Waals surface area contributed by atoms with Gasteiger partial charge >= 0.3 is 5.91 Å². The predicted molar refractivity (Wildman–Crippen MR) is 102 cm³/mol. The number of hydrogen-bond donors (Lipinski definition) is 1. The first-order chi connectivity index (χ1) is 12.6. The fraction of sp³-hybridized carbons (Fsp3) is 0.333. The van der Waals surface area contributed by atoms with Gasteiger partial charge < -0.3 is 9.80 Å². The van der Waals surface area contributed by atoms with Crippen molar-refractivity contribution in [3.8, 4) is 0 Å². The van der Waals surface area contributed by atoms with Crippen LogP contribution in [0.2, 0.25) is 0 Å². The number of hydrogen-bond acceptors (Lipinski definition) is 3. The van der Waals surface area contributed by atoms with Crippen LogP contribution in [0.1, 0.15) is 28.8 Å². The summed E-state index contributed by atoms with van der Waals surface area (Å²) >= 11 is 0. The Morgan fingerprint density at radius 3 is 2.35 bits per heavy atom. The average molecular weight is 350 g/mol. The van der Waals surface area contributed by atoms with E-state index < -0.39 is 11.7 Å². The smallest absolute Gasteiger partial charge is 0.303 e. The number of para-hydroxylation sites is 2. The van der Waals surface area contributed by atoms with E-state index in [0.29, 0.717) is 12.2 Å². The Hall–Kier alpha value is -2.66. The van der Waals surface area contributed by atoms with Crippen LogP contribution in [0.5, 0.6) is 0 Å². The Labute approximate surface area is 153 Å². The zero-order valence-electron chi connectivity index (χ0n) is 15.1. The maximum Gasteiger partial charge on any atom is 0.303 e. The SMILES string of the molecule is C[NH+](Cc1ccccc1N1CCCC1)CN1C(=O)C(=O)c2ccccc21. The molecule has 5 heteroatoms. The zero-order valence-corrected chi connectivity index (χ0v) is 15.1. The number of carbonyl (C=O) groups excluding carboxylic acids is 2. The first-order valence-corrected chi connectivity index (χ1v) is 9.24. The van der Waals surface area contributed by atoms with Crippen LogP contribution in [0.4, 0.5) is 11.4 Å². The Morgan fingerprint density at radius 2 is 1.58 bits per heavy atom. The molecule has 0 radical (unpaired) electrons. The van der Waals surface area contributed by atoms with E-state index in [1.165, 1.54) is 29.0 Å². The summed E-state index contributed by atoms with van der Waals surface area (Å²) < 4.78 is 0. The van der Waals surface area contributed by atoms with Crippen molar-refractivity contribution in [2.45, 2.75) is 19.4 Å². The van der Waals surface area contributed by atoms with E-state index in [2.05, 4.69) is 36.2 Å². The van der Waals surface area contributed by atoms with Crippen molar-refractivity contribution in [1.29, 1.82) is 0 Å². The summed E-state index contributed by atoms with van der Waals surface area (Å²) in [6.45, 7) is 3.52. The zero-order chi connectivity index (χ0) is 18.1. The number of anilines is 2. The van der Waals surface area contributed by atoms with E-state index in [4.69, 9.17) is 0 Å². The average Bonchev–Trinajstić information content (AvgIpc) is 3.26. The second-order valence-corrected chi connectivity index (χ2v) is 7.19. The standard InChI is InChI=1S/C21H23N3O2/c1-22(14-16-8-2-4-10-18(16)23-12-6-7-13-23)15-24-19-11-5-3-9-17(19)20(25)21(24)26/h2-5,8-11H,6-7,12-15H2,1H3/p+1. The van der Waals surface area contributed by atoms with Crippen molar-refractivity contribution in [3.63, 3.8) is 0 Å². The van der Waals surface area contributed by atoms with Crippen LogP contribution in [0.3, 0.4) is 0 Å². The van der Waals surface area contributed by atoms with Gasteiger partial charge in [0, 0.05) is 24.3 Å². The number of nitrogens with one attached hydrogen (secondary N) is 1. The Morgan fingerprint density at radius 1 is 0.923 bits per heavy atom. The molecule has 1 saturated heterocycles. The van der Waals surface area contributed by atoms with Gasteiger partial charge in [-0.3, -0.25) is 14.5 Å². The number of rotatable bonds is 5. The van der Waals surface area contributed by atoms with Crippen LogP contribution in [-0.2, 0) is 11.3 Å². The van der Waals surface area contributed by atoms with Crippen molar-refractivity contribution in [3.05, 3.63) is 59.7 Å². The summed E-state index contributed by atoms with van der Waals surface area (Å²) in [6, 6.07) is 15.8. The first kappa shape index (κ1) is 16.8. The summed E-state index contributed by atoms with van der Waals surface area (Å²) in [5, 5.41) is 0. The largest absolute Gasteiger partial charge is 0.371 e. The minimum atomic E-state index is -0.418. The number of nitrogens with zero attached hydrogens (tertiary/aromatic N) is 2. The summed E-state index contributed by atoms with van der Waals surface area (Å²) in [7, 11) is 2.07. The molecule has 0 saturated carbocycles. The normalized spacial score (nSPS) is 17.7. The number of Topliss-reactive ketones (excluding diaryl/α,β-unsaturated/α-hetero) is 1. The number of amides is 1. The topological polar surface area (TPSA) is 45.1 Å². The molecule has 5 nitrogen and oxygen atoms in total. The van der Waals surface area contributed by atoms with Gasteiger partial charge in [-0.05, 0) is 31.0 Å². The first-order valence-electron chi connectivity index (χ1n) is 9.24. The fourth-order valence-corrected chi connectivity index (χ4v) is 3.98.